The molecule has 3 nitrogen and oxygen atoms in total. The lowest BCUT2D eigenvalue weighted by Crippen LogP contribution is -2.33. The summed E-state index contributed by atoms with van der Waals surface area (Å²) in [5.41, 5.74) is 3.89. The molecule has 6 heteroatoms. The number of H-pyrrole nitrogens is 1. The summed E-state index contributed by atoms with van der Waals surface area (Å²) in [7, 11) is 0. The minimum Gasteiger partial charge on any atom is -0.333 e. The number of hydrogen-bond donors (Lipinski definition) is 1. The zero-order valence-corrected chi connectivity index (χ0v) is 16.3. The third kappa shape index (κ3) is 3.68. The second-order valence-electron chi connectivity index (χ2n) is 7.28. The fourth-order valence-corrected chi connectivity index (χ4v) is 3.61. The highest BCUT2D eigenvalue weighted by Gasteiger charge is 2.15. The lowest BCUT2D eigenvalue weighted by molar-refractivity contribution is -0.687. The standard InChI is InChI=1S/C25H16F3N3/c26-20-6-2-1-4-18(20)17-10-8-16(9-11-17)14-31-13-12-22-23(15-31)30-25(29-22)19-5-3-7-21(27)24(19)28/h1-13,15H,14H2/p+1. The van der Waals surface area contributed by atoms with Gasteiger partial charge in [0.15, 0.2) is 30.6 Å². The van der Waals surface area contributed by atoms with Gasteiger partial charge in [-0.25, -0.2) is 18.2 Å². The van der Waals surface area contributed by atoms with E-state index in [1.54, 1.807) is 12.1 Å². The maximum absolute atomic E-state index is 14.1. The van der Waals surface area contributed by atoms with Crippen LogP contribution in [0.4, 0.5) is 13.2 Å². The molecule has 0 aliphatic carbocycles. The van der Waals surface area contributed by atoms with Crippen LogP contribution >= 0.6 is 0 Å². The van der Waals surface area contributed by atoms with E-state index in [9.17, 15) is 13.2 Å². The Morgan fingerprint density at radius 2 is 1.52 bits per heavy atom. The molecule has 2 aromatic heterocycles. The molecule has 0 unspecified atom stereocenters. The molecule has 152 valence electrons. The van der Waals surface area contributed by atoms with Gasteiger partial charge in [0.25, 0.3) is 0 Å². The number of hydrogen-bond acceptors (Lipinski definition) is 1. The molecule has 1 N–H and O–H groups in total. The van der Waals surface area contributed by atoms with Gasteiger partial charge >= 0.3 is 0 Å². The molecule has 5 aromatic rings. The predicted octanol–water partition coefficient (Wildman–Crippen LogP) is 5.65. The third-order valence-corrected chi connectivity index (χ3v) is 5.19. The van der Waals surface area contributed by atoms with Gasteiger partial charge in [0.2, 0.25) is 0 Å². The zero-order valence-electron chi connectivity index (χ0n) is 16.3. The quantitative estimate of drug-likeness (QED) is 0.377. The van der Waals surface area contributed by atoms with Crippen LogP contribution < -0.4 is 4.57 Å². The molecule has 0 spiro atoms. The summed E-state index contributed by atoms with van der Waals surface area (Å²) in [5.74, 6) is -1.81. The molecule has 3 aromatic carbocycles. The average molecular weight is 416 g/mol. The van der Waals surface area contributed by atoms with Crippen molar-refractivity contribution in [2.24, 2.45) is 0 Å². The number of halogens is 3. The number of imidazole rings is 1. The van der Waals surface area contributed by atoms with Crippen molar-refractivity contribution in [3.05, 3.63) is 108 Å². The summed E-state index contributed by atoms with van der Waals surface area (Å²) < 4.78 is 43.6. The second kappa shape index (κ2) is 7.72. The molecule has 5 rings (SSSR count). The molecule has 31 heavy (non-hydrogen) atoms. The highest BCUT2D eigenvalue weighted by Crippen LogP contribution is 2.25. The SMILES string of the molecule is Fc1ccccc1-c1ccc(C[n+]2ccc3nc(-c4cccc(F)c4F)[nH]c3c2)cc1. The average Bonchev–Trinajstić information content (AvgIpc) is 3.20. The van der Waals surface area contributed by atoms with Gasteiger partial charge < -0.3 is 4.98 Å². The maximum Gasteiger partial charge on any atom is 0.195 e. The van der Waals surface area contributed by atoms with Crippen molar-refractivity contribution >= 4 is 11.0 Å². The van der Waals surface area contributed by atoms with Crippen LogP contribution in [0.3, 0.4) is 0 Å². The Hall–Kier alpha value is -3.93. The van der Waals surface area contributed by atoms with Crippen molar-refractivity contribution in [1.82, 2.24) is 9.97 Å². The van der Waals surface area contributed by atoms with Crippen LogP contribution in [0.2, 0.25) is 0 Å². The van der Waals surface area contributed by atoms with Crippen LogP contribution in [0.5, 0.6) is 0 Å². The smallest absolute Gasteiger partial charge is 0.195 e. The van der Waals surface area contributed by atoms with E-state index in [0.29, 0.717) is 23.1 Å². The van der Waals surface area contributed by atoms with Gasteiger partial charge in [-0.15, -0.1) is 0 Å². The number of nitrogens with zero attached hydrogens (tertiary/aromatic N) is 2. The van der Waals surface area contributed by atoms with Gasteiger partial charge in [0.05, 0.1) is 5.56 Å². The van der Waals surface area contributed by atoms with Crippen LogP contribution in [0.1, 0.15) is 5.56 Å². The number of fused-ring (bicyclic) bond motifs is 1. The third-order valence-electron chi connectivity index (χ3n) is 5.19. The summed E-state index contributed by atoms with van der Waals surface area (Å²) in [4.78, 5) is 7.44. The van der Waals surface area contributed by atoms with E-state index in [-0.39, 0.29) is 17.2 Å². The summed E-state index contributed by atoms with van der Waals surface area (Å²) in [6.07, 6.45) is 3.74. The van der Waals surface area contributed by atoms with E-state index in [1.807, 2.05) is 53.4 Å². The van der Waals surface area contributed by atoms with Crippen molar-refractivity contribution in [1.29, 1.82) is 0 Å². The van der Waals surface area contributed by atoms with Crippen molar-refractivity contribution in [3.8, 4) is 22.5 Å². The number of nitrogens with one attached hydrogen (secondary N) is 1. The van der Waals surface area contributed by atoms with Crippen LogP contribution in [-0.2, 0) is 6.54 Å². The summed E-state index contributed by atoms with van der Waals surface area (Å²) in [5, 5.41) is 0. The Morgan fingerprint density at radius 3 is 2.32 bits per heavy atom. The molecule has 0 aliphatic heterocycles. The molecule has 0 radical (unpaired) electrons. The fraction of sp³-hybridized carbons (Fsp3) is 0.0400. The zero-order chi connectivity index (χ0) is 21.4. The first kappa shape index (κ1) is 19.1. The van der Waals surface area contributed by atoms with Crippen LogP contribution in [-0.4, -0.2) is 9.97 Å². The Balaban J connectivity index is 1.41. The van der Waals surface area contributed by atoms with E-state index in [2.05, 4.69) is 9.97 Å². The van der Waals surface area contributed by atoms with Gasteiger partial charge in [-0.2, -0.15) is 4.57 Å². The van der Waals surface area contributed by atoms with E-state index in [4.69, 9.17) is 0 Å². The van der Waals surface area contributed by atoms with Crippen molar-refractivity contribution in [3.63, 3.8) is 0 Å². The van der Waals surface area contributed by atoms with Gasteiger partial charge in [0.1, 0.15) is 22.7 Å². The monoisotopic (exact) mass is 416 g/mol. The Kier molecular flexibility index (Phi) is 4.75. The normalized spacial score (nSPS) is 11.2. The second-order valence-corrected chi connectivity index (χ2v) is 7.28. The number of benzene rings is 3. The molecule has 0 saturated carbocycles. The number of aromatic nitrogens is 3. The van der Waals surface area contributed by atoms with Gasteiger partial charge in [0, 0.05) is 17.2 Å². The van der Waals surface area contributed by atoms with Crippen molar-refractivity contribution in [2.45, 2.75) is 6.54 Å². The molecular formula is C25H17F3N3+. The first-order valence-corrected chi connectivity index (χ1v) is 9.75. The maximum atomic E-state index is 14.1. The molecule has 2 heterocycles. The molecule has 0 aliphatic rings. The number of rotatable bonds is 4. The molecule has 0 fully saturated rings. The first-order valence-electron chi connectivity index (χ1n) is 9.75. The van der Waals surface area contributed by atoms with Crippen LogP contribution in [0.15, 0.2) is 85.2 Å². The molecule has 0 bridgehead atoms. The predicted molar refractivity (Wildman–Crippen MR) is 113 cm³/mol. The highest BCUT2D eigenvalue weighted by molar-refractivity contribution is 5.77. The summed E-state index contributed by atoms with van der Waals surface area (Å²) in [6.45, 7) is 0.593. The van der Waals surface area contributed by atoms with Crippen LogP contribution in [0, 0.1) is 17.5 Å². The molecule has 0 atom stereocenters. The Labute approximate surface area is 176 Å². The lowest BCUT2D eigenvalue weighted by atomic mass is 10.0. The van der Waals surface area contributed by atoms with Crippen molar-refractivity contribution in [2.75, 3.05) is 0 Å². The number of aromatic amines is 1. The topological polar surface area (TPSA) is 32.6 Å². The van der Waals surface area contributed by atoms with Crippen molar-refractivity contribution < 1.29 is 17.7 Å². The minimum absolute atomic E-state index is 0.0893. The van der Waals surface area contributed by atoms with Gasteiger partial charge in [-0.1, -0.05) is 48.5 Å². The molecule has 0 saturated heterocycles. The highest BCUT2D eigenvalue weighted by atomic mass is 19.2. The largest absolute Gasteiger partial charge is 0.333 e. The lowest BCUT2D eigenvalue weighted by Gasteiger charge is -2.04. The summed E-state index contributed by atoms with van der Waals surface area (Å²) in [6, 6.07) is 20.2. The van der Waals surface area contributed by atoms with E-state index >= 15 is 0 Å². The van der Waals surface area contributed by atoms with Gasteiger partial charge in [-0.05, 0) is 23.8 Å². The number of pyridine rings is 1. The minimum atomic E-state index is -0.927. The van der Waals surface area contributed by atoms with Crippen LogP contribution in [0.25, 0.3) is 33.5 Å². The molecule has 0 amide bonds. The Morgan fingerprint density at radius 1 is 0.774 bits per heavy atom. The van der Waals surface area contributed by atoms with E-state index in [1.165, 1.54) is 18.2 Å². The first-order chi connectivity index (χ1) is 15.1. The Bertz CT molecular complexity index is 1390. The fourth-order valence-electron chi connectivity index (χ4n) is 3.61. The molecular weight excluding hydrogens is 399 g/mol. The summed E-state index contributed by atoms with van der Waals surface area (Å²) >= 11 is 0. The van der Waals surface area contributed by atoms with Gasteiger partial charge in [-0.3, -0.25) is 0 Å². The van der Waals surface area contributed by atoms with E-state index < -0.39 is 11.6 Å². The van der Waals surface area contributed by atoms with E-state index in [0.717, 1.165) is 17.2 Å².